The molecule has 0 radical (unpaired) electrons. The summed E-state index contributed by atoms with van der Waals surface area (Å²) in [6.45, 7) is 0.686. The van der Waals surface area contributed by atoms with Crippen LogP contribution in [0.25, 0.3) is 10.6 Å². The van der Waals surface area contributed by atoms with Gasteiger partial charge in [0.1, 0.15) is 17.4 Å². The monoisotopic (exact) mass is 444 g/mol. The second kappa shape index (κ2) is 10.1. The molecule has 0 fully saturated rings. The van der Waals surface area contributed by atoms with E-state index in [1.165, 1.54) is 23.5 Å². The summed E-state index contributed by atoms with van der Waals surface area (Å²) in [5, 5.41) is 5.16. The van der Waals surface area contributed by atoms with Gasteiger partial charge in [-0.2, -0.15) is 13.2 Å². The van der Waals surface area contributed by atoms with Gasteiger partial charge in [0.25, 0.3) is 0 Å². The van der Waals surface area contributed by atoms with E-state index in [0.29, 0.717) is 35.0 Å². The van der Waals surface area contributed by atoms with Crippen molar-refractivity contribution < 1.29 is 22.7 Å². The van der Waals surface area contributed by atoms with Crippen LogP contribution in [-0.2, 0) is 23.8 Å². The van der Waals surface area contributed by atoms with Crippen molar-refractivity contribution in [2.75, 3.05) is 13.2 Å². The summed E-state index contributed by atoms with van der Waals surface area (Å²) >= 11 is 1.29. The van der Waals surface area contributed by atoms with E-state index in [9.17, 15) is 18.0 Å². The van der Waals surface area contributed by atoms with Gasteiger partial charge in [-0.1, -0.05) is 30.2 Å². The molecule has 0 spiro atoms. The van der Waals surface area contributed by atoms with Crippen LogP contribution in [0, 0.1) is 12.3 Å². The number of amides is 1. The van der Waals surface area contributed by atoms with Crippen molar-refractivity contribution in [3.63, 3.8) is 0 Å². The van der Waals surface area contributed by atoms with Gasteiger partial charge in [-0.05, 0) is 36.2 Å². The molecule has 0 saturated carbocycles. The molecule has 31 heavy (non-hydrogen) atoms. The van der Waals surface area contributed by atoms with Crippen LogP contribution in [0.5, 0.6) is 5.75 Å². The van der Waals surface area contributed by atoms with Crippen molar-refractivity contribution in [3.05, 3.63) is 70.7 Å². The minimum absolute atomic E-state index is 0.107. The molecule has 1 aromatic heterocycles. The first-order valence-corrected chi connectivity index (χ1v) is 10.3. The Morgan fingerprint density at radius 2 is 1.84 bits per heavy atom. The predicted molar refractivity (Wildman–Crippen MR) is 114 cm³/mol. The molecule has 1 amide bonds. The molecule has 0 aliphatic heterocycles. The van der Waals surface area contributed by atoms with E-state index in [0.717, 1.165) is 17.7 Å². The van der Waals surface area contributed by atoms with Gasteiger partial charge in [0.05, 0.1) is 17.7 Å². The van der Waals surface area contributed by atoms with Crippen LogP contribution in [0.15, 0.2) is 53.9 Å². The van der Waals surface area contributed by atoms with Crippen molar-refractivity contribution >= 4 is 17.2 Å². The Morgan fingerprint density at radius 1 is 1.13 bits per heavy atom. The molecule has 8 heteroatoms. The third-order valence-electron chi connectivity index (χ3n) is 4.33. The second-order valence-electron chi connectivity index (χ2n) is 6.63. The maximum absolute atomic E-state index is 12.7. The van der Waals surface area contributed by atoms with Gasteiger partial charge >= 0.3 is 6.18 Å². The van der Waals surface area contributed by atoms with E-state index in [2.05, 4.69) is 16.2 Å². The summed E-state index contributed by atoms with van der Waals surface area (Å²) in [5.41, 5.74) is 1.50. The van der Waals surface area contributed by atoms with E-state index >= 15 is 0 Å². The molecule has 3 aromatic rings. The van der Waals surface area contributed by atoms with Crippen LogP contribution in [-0.4, -0.2) is 24.0 Å². The van der Waals surface area contributed by atoms with Crippen molar-refractivity contribution in [2.45, 2.75) is 19.0 Å². The van der Waals surface area contributed by atoms with E-state index < -0.39 is 11.7 Å². The number of hydrogen-bond acceptors (Lipinski definition) is 4. The first kappa shape index (κ1) is 22.4. The Hall–Kier alpha value is -3.31. The highest BCUT2D eigenvalue weighted by Gasteiger charge is 2.30. The van der Waals surface area contributed by atoms with Gasteiger partial charge in [-0.25, -0.2) is 4.98 Å². The lowest BCUT2D eigenvalue weighted by atomic mass is 10.1. The molecular weight excluding hydrogens is 425 g/mol. The summed E-state index contributed by atoms with van der Waals surface area (Å²) in [7, 11) is 0. The summed E-state index contributed by atoms with van der Waals surface area (Å²) in [6, 6.07) is 12.3. The topological polar surface area (TPSA) is 51.2 Å². The molecule has 0 aliphatic rings. The van der Waals surface area contributed by atoms with Crippen molar-refractivity contribution in [2.24, 2.45) is 0 Å². The number of rotatable bonds is 8. The largest absolute Gasteiger partial charge is 0.481 e. The minimum atomic E-state index is -4.37. The Balaban J connectivity index is 1.47. The number of nitrogens with zero attached hydrogens (tertiary/aromatic N) is 1. The number of halogens is 3. The number of benzene rings is 2. The van der Waals surface area contributed by atoms with E-state index in [1.807, 2.05) is 24.3 Å². The average Bonchev–Trinajstić information content (AvgIpc) is 3.21. The maximum Gasteiger partial charge on any atom is 0.416 e. The highest BCUT2D eigenvalue weighted by molar-refractivity contribution is 7.13. The van der Waals surface area contributed by atoms with Gasteiger partial charge < -0.3 is 10.1 Å². The lowest BCUT2D eigenvalue weighted by Crippen LogP contribution is -2.27. The molecule has 2 aromatic carbocycles. The predicted octanol–water partition coefficient (Wildman–Crippen LogP) is 4.74. The van der Waals surface area contributed by atoms with E-state index in [4.69, 9.17) is 11.2 Å². The van der Waals surface area contributed by atoms with Gasteiger partial charge in [-0.3, -0.25) is 4.79 Å². The number of terminal acetylenes is 1. The van der Waals surface area contributed by atoms with E-state index in [-0.39, 0.29) is 18.9 Å². The summed E-state index contributed by atoms with van der Waals surface area (Å²) < 4.78 is 43.3. The molecule has 0 bridgehead atoms. The number of carbonyl (C=O) groups excluding carboxylic acids is 1. The fourth-order valence-corrected chi connectivity index (χ4v) is 3.60. The number of ether oxygens (including phenoxy) is 1. The fourth-order valence-electron chi connectivity index (χ4n) is 2.77. The van der Waals surface area contributed by atoms with Crippen LogP contribution in [0.2, 0.25) is 0 Å². The van der Waals surface area contributed by atoms with Gasteiger partial charge in [0.15, 0.2) is 0 Å². The zero-order valence-electron chi connectivity index (χ0n) is 16.4. The Morgan fingerprint density at radius 3 is 2.48 bits per heavy atom. The maximum atomic E-state index is 12.7. The summed E-state index contributed by atoms with van der Waals surface area (Å²) in [5.74, 6) is 2.93. The smallest absolute Gasteiger partial charge is 0.416 e. The third-order valence-corrected chi connectivity index (χ3v) is 5.27. The number of hydrogen-bond donors (Lipinski definition) is 1. The highest BCUT2D eigenvalue weighted by Crippen LogP contribution is 2.31. The first-order valence-electron chi connectivity index (χ1n) is 9.39. The quantitative estimate of drug-likeness (QED) is 0.511. The zero-order chi connectivity index (χ0) is 22.3. The van der Waals surface area contributed by atoms with Gasteiger partial charge in [-0.15, -0.1) is 17.8 Å². The van der Waals surface area contributed by atoms with Crippen LogP contribution in [0.4, 0.5) is 13.2 Å². The van der Waals surface area contributed by atoms with Crippen LogP contribution < -0.4 is 10.1 Å². The summed E-state index contributed by atoms with van der Waals surface area (Å²) in [6.07, 6.45) is 1.55. The molecule has 4 nitrogen and oxygen atoms in total. The number of nitrogens with one attached hydrogen (secondary N) is 1. The van der Waals surface area contributed by atoms with E-state index in [1.54, 1.807) is 5.38 Å². The Kier molecular flexibility index (Phi) is 7.32. The standard InChI is InChI=1S/C23H19F3N2O2S/c1-2-13-30-20-9-3-16(4-10-20)11-12-27-21(29)14-19-15-31-22(28-19)17-5-7-18(8-6-17)23(24,25)26/h1,3-10,15H,11-14H2,(H,27,29). The average molecular weight is 444 g/mol. The molecule has 1 heterocycles. The molecule has 160 valence electrons. The normalized spacial score (nSPS) is 11.0. The SMILES string of the molecule is C#CCOc1ccc(CCNC(=O)Cc2csc(-c3ccc(C(F)(F)F)cc3)n2)cc1. The Labute approximate surface area is 182 Å². The first-order chi connectivity index (χ1) is 14.8. The van der Waals surface area contributed by atoms with Crippen molar-refractivity contribution in [1.29, 1.82) is 0 Å². The molecule has 1 N–H and O–H groups in total. The minimum Gasteiger partial charge on any atom is -0.481 e. The fraction of sp³-hybridized carbons (Fsp3) is 0.217. The number of alkyl halides is 3. The van der Waals surface area contributed by atoms with Gasteiger partial charge in [0.2, 0.25) is 5.91 Å². The zero-order valence-corrected chi connectivity index (χ0v) is 17.2. The highest BCUT2D eigenvalue weighted by atomic mass is 32.1. The number of thiazole rings is 1. The molecular formula is C23H19F3N2O2S. The van der Waals surface area contributed by atoms with Crippen molar-refractivity contribution in [3.8, 4) is 28.7 Å². The molecule has 0 atom stereocenters. The number of carbonyl (C=O) groups is 1. The third kappa shape index (κ3) is 6.59. The summed E-state index contributed by atoms with van der Waals surface area (Å²) in [4.78, 5) is 16.5. The lowest BCUT2D eigenvalue weighted by Gasteiger charge is -2.06. The molecule has 0 aliphatic carbocycles. The molecule has 3 rings (SSSR count). The van der Waals surface area contributed by atoms with Crippen LogP contribution >= 0.6 is 11.3 Å². The van der Waals surface area contributed by atoms with Crippen molar-refractivity contribution in [1.82, 2.24) is 10.3 Å². The Bertz CT molecular complexity index is 1050. The molecule has 0 unspecified atom stereocenters. The molecule has 0 saturated heterocycles. The van der Waals surface area contributed by atoms with Gasteiger partial charge in [0, 0.05) is 17.5 Å². The van der Waals surface area contributed by atoms with Crippen LogP contribution in [0.3, 0.4) is 0 Å². The second-order valence-corrected chi connectivity index (χ2v) is 7.49. The van der Waals surface area contributed by atoms with Crippen LogP contribution in [0.1, 0.15) is 16.8 Å². The lowest BCUT2D eigenvalue weighted by molar-refractivity contribution is -0.137. The number of aromatic nitrogens is 1.